The first-order valence-corrected chi connectivity index (χ1v) is 10.6. The van der Waals surface area contributed by atoms with Gasteiger partial charge < -0.3 is 4.90 Å². The number of carbonyl (C=O) groups is 1. The number of urea groups is 1. The van der Waals surface area contributed by atoms with E-state index in [1.165, 1.54) is 10.9 Å². The minimum Gasteiger partial charge on any atom is -0.310 e. The standard InChI is InChI=1S/C10H13N5O7S3/c11-9(13-24(17,18)8-4-23-5-12-8)7-2-1-6-3-14(7)10(16)15(6)22-25(19,20)21/h4-7H,1-3H2,(H2,11,13)(H,19,20,21)/t6-,7+/m1/s1. The van der Waals surface area contributed by atoms with Crippen molar-refractivity contribution in [1.82, 2.24) is 19.7 Å². The van der Waals surface area contributed by atoms with Gasteiger partial charge in [0, 0.05) is 11.9 Å². The molecule has 0 saturated carbocycles. The molecule has 15 heteroatoms. The third kappa shape index (κ3) is 3.59. The number of hydroxylamine groups is 2. The largest absolute Gasteiger partial charge is 0.418 e. The Morgan fingerprint density at radius 1 is 1.40 bits per heavy atom. The third-order valence-corrected chi connectivity index (χ3v) is 6.11. The molecule has 2 aliphatic rings. The van der Waals surface area contributed by atoms with Crippen LogP contribution in [0.4, 0.5) is 4.79 Å². The van der Waals surface area contributed by atoms with Gasteiger partial charge in [0.15, 0.2) is 5.03 Å². The molecule has 0 aliphatic carbocycles. The molecule has 3 heterocycles. The molecule has 0 aromatic carbocycles. The molecule has 2 fully saturated rings. The van der Waals surface area contributed by atoms with Crippen LogP contribution in [-0.4, -0.2) is 66.8 Å². The van der Waals surface area contributed by atoms with Gasteiger partial charge in [0.2, 0.25) is 0 Å². The normalized spacial score (nSPS) is 23.8. The molecule has 0 radical (unpaired) electrons. The summed E-state index contributed by atoms with van der Waals surface area (Å²) in [6, 6.07) is -2.39. The number of hydrogen-bond acceptors (Lipinski definition) is 9. The Morgan fingerprint density at radius 3 is 2.72 bits per heavy atom. The third-order valence-electron chi connectivity index (χ3n) is 3.76. The van der Waals surface area contributed by atoms with Crippen LogP contribution in [-0.2, 0) is 24.7 Å². The number of rotatable bonds is 5. The highest BCUT2D eigenvalue weighted by Gasteiger charge is 2.48. The maximum Gasteiger partial charge on any atom is 0.418 e. The Balaban J connectivity index is 1.75. The van der Waals surface area contributed by atoms with Crippen LogP contribution in [0.15, 0.2) is 15.9 Å². The van der Waals surface area contributed by atoms with Crippen LogP contribution < -0.4 is 4.72 Å². The van der Waals surface area contributed by atoms with E-state index in [-0.39, 0.29) is 24.4 Å². The van der Waals surface area contributed by atoms with Gasteiger partial charge in [0.25, 0.3) is 10.0 Å². The lowest BCUT2D eigenvalue weighted by molar-refractivity contribution is -0.0316. The lowest BCUT2D eigenvalue weighted by atomic mass is 10.0. The number of amidine groups is 1. The quantitative estimate of drug-likeness (QED) is 0.327. The van der Waals surface area contributed by atoms with Gasteiger partial charge in [-0.05, 0) is 12.8 Å². The van der Waals surface area contributed by atoms with E-state index in [9.17, 15) is 21.6 Å². The number of fused-ring (bicyclic) bond motifs is 2. The zero-order valence-electron chi connectivity index (χ0n) is 12.4. The van der Waals surface area contributed by atoms with Crippen molar-refractivity contribution in [2.45, 2.75) is 30.0 Å². The zero-order chi connectivity index (χ0) is 18.4. The molecule has 2 saturated heterocycles. The van der Waals surface area contributed by atoms with E-state index < -0.39 is 44.4 Å². The number of aromatic nitrogens is 1. The molecular formula is C10H13N5O7S3. The highest BCUT2D eigenvalue weighted by Crippen LogP contribution is 2.31. The van der Waals surface area contributed by atoms with Crippen molar-refractivity contribution < 1.29 is 30.5 Å². The average Bonchev–Trinajstić information content (AvgIpc) is 3.11. The highest BCUT2D eigenvalue weighted by atomic mass is 32.3. The van der Waals surface area contributed by atoms with Gasteiger partial charge in [-0.2, -0.15) is 21.9 Å². The number of hydrogen-bond donors (Lipinski definition) is 3. The molecule has 25 heavy (non-hydrogen) atoms. The van der Waals surface area contributed by atoms with Crippen molar-refractivity contribution in [3.05, 3.63) is 10.9 Å². The molecule has 138 valence electrons. The summed E-state index contributed by atoms with van der Waals surface area (Å²) in [6.45, 7) is 0.0415. The zero-order valence-corrected chi connectivity index (χ0v) is 14.8. The van der Waals surface area contributed by atoms with Crippen molar-refractivity contribution in [3.8, 4) is 0 Å². The minimum absolute atomic E-state index is 0.0415. The van der Waals surface area contributed by atoms with E-state index in [0.717, 1.165) is 16.2 Å². The van der Waals surface area contributed by atoms with Crippen molar-refractivity contribution in [3.63, 3.8) is 0 Å². The van der Waals surface area contributed by atoms with E-state index in [0.29, 0.717) is 5.06 Å². The Hall–Kier alpha value is -1.81. The van der Waals surface area contributed by atoms with Crippen LogP contribution in [0.1, 0.15) is 12.8 Å². The number of carbonyl (C=O) groups excluding carboxylic acids is 1. The van der Waals surface area contributed by atoms with Gasteiger partial charge in [0.05, 0.1) is 17.6 Å². The fraction of sp³-hybridized carbons (Fsp3) is 0.500. The lowest BCUT2D eigenvalue weighted by Crippen LogP contribution is -2.50. The van der Waals surface area contributed by atoms with Crippen LogP contribution >= 0.6 is 11.3 Å². The molecule has 2 atom stereocenters. The van der Waals surface area contributed by atoms with Crippen LogP contribution in [0, 0.1) is 5.41 Å². The van der Waals surface area contributed by atoms with Crippen LogP contribution in [0.2, 0.25) is 0 Å². The summed E-state index contributed by atoms with van der Waals surface area (Å²) in [5, 5.41) is 9.58. The molecule has 2 bridgehead atoms. The number of amides is 2. The topological polar surface area (TPSA) is 170 Å². The summed E-state index contributed by atoms with van der Waals surface area (Å²) in [5.41, 5.74) is 1.33. The number of nitrogens with zero attached hydrogens (tertiary/aromatic N) is 3. The van der Waals surface area contributed by atoms with Crippen molar-refractivity contribution >= 4 is 43.6 Å². The Labute approximate surface area is 146 Å². The molecule has 12 nitrogen and oxygen atoms in total. The number of nitrogens with one attached hydrogen (secondary N) is 2. The molecule has 3 N–H and O–H groups in total. The van der Waals surface area contributed by atoms with Crippen molar-refractivity contribution in [2.24, 2.45) is 0 Å². The maximum atomic E-state index is 12.2. The smallest absolute Gasteiger partial charge is 0.310 e. The van der Waals surface area contributed by atoms with E-state index in [1.54, 1.807) is 0 Å². The van der Waals surface area contributed by atoms with E-state index in [1.807, 2.05) is 0 Å². The SMILES string of the molecule is N=C(NS(=O)(=O)c1cscn1)[C@@H]1CC[C@@H]2CN1C(=O)N2OS(=O)(=O)O. The fourth-order valence-electron chi connectivity index (χ4n) is 2.73. The number of piperidine rings is 1. The highest BCUT2D eigenvalue weighted by molar-refractivity contribution is 7.90. The Kier molecular flexibility index (Phi) is 4.44. The van der Waals surface area contributed by atoms with Crippen molar-refractivity contribution in [2.75, 3.05) is 6.54 Å². The first-order chi connectivity index (χ1) is 11.6. The predicted octanol–water partition coefficient (Wildman–Crippen LogP) is -0.598. The van der Waals surface area contributed by atoms with Gasteiger partial charge >= 0.3 is 16.4 Å². The molecule has 0 unspecified atom stereocenters. The van der Waals surface area contributed by atoms with E-state index >= 15 is 0 Å². The second-order valence-corrected chi connectivity index (χ2v) is 8.71. The van der Waals surface area contributed by atoms with E-state index in [2.05, 4.69) is 14.0 Å². The Bertz CT molecular complexity index is 897. The predicted molar refractivity (Wildman–Crippen MR) is 83.5 cm³/mol. The van der Waals surface area contributed by atoms with Gasteiger partial charge in [-0.3, -0.25) is 14.7 Å². The summed E-state index contributed by atoms with van der Waals surface area (Å²) in [4.78, 5) is 17.0. The van der Waals surface area contributed by atoms with Crippen LogP contribution in [0.3, 0.4) is 0 Å². The molecule has 2 amide bonds. The first kappa shape index (κ1) is 18.0. The average molecular weight is 411 g/mol. The molecular weight excluding hydrogens is 398 g/mol. The van der Waals surface area contributed by atoms with Gasteiger partial charge in [-0.1, -0.05) is 0 Å². The van der Waals surface area contributed by atoms with Gasteiger partial charge in [-0.15, -0.1) is 15.6 Å². The van der Waals surface area contributed by atoms with Crippen LogP contribution in [0.25, 0.3) is 0 Å². The van der Waals surface area contributed by atoms with Crippen molar-refractivity contribution in [1.29, 1.82) is 5.41 Å². The molecule has 1 aromatic rings. The molecule has 0 spiro atoms. The molecule has 3 rings (SSSR count). The van der Waals surface area contributed by atoms with E-state index in [4.69, 9.17) is 9.96 Å². The number of thiazole rings is 1. The maximum absolute atomic E-state index is 12.2. The summed E-state index contributed by atoms with van der Waals surface area (Å²) >= 11 is 1.08. The van der Waals surface area contributed by atoms with Gasteiger partial charge in [0.1, 0.15) is 5.84 Å². The fourth-order valence-corrected chi connectivity index (χ4v) is 4.99. The monoisotopic (exact) mass is 411 g/mol. The lowest BCUT2D eigenvalue weighted by Gasteiger charge is -2.30. The summed E-state index contributed by atoms with van der Waals surface area (Å²) in [5.74, 6) is -0.437. The molecule has 2 aliphatic heterocycles. The Morgan fingerprint density at radius 2 is 2.12 bits per heavy atom. The van der Waals surface area contributed by atoms with Crippen LogP contribution in [0.5, 0.6) is 0 Å². The summed E-state index contributed by atoms with van der Waals surface area (Å²) < 4.78 is 61.0. The second-order valence-electron chi connectivity index (χ2n) is 5.36. The number of sulfonamides is 1. The minimum atomic E-state index is -4.87. The summed E-state index contributed by atoms with van der Waals surface area (Å²) in [6.07, 6.45) is 0.489. The molecule has 1 aromatic heterocycles. The first-order valence-electron chi connectivity index (χ1n) is 6.85. The second kappa shape index (κ2) is 6.17. The summed E-state index contributed by atoms with van der Waals surface area (Å²) in [7, 11) is -8.91. The van der Waals surface area contributed by atoms with Gasteiger partial charge in [-0.25, -0.2) is 9.78 Å².